The number of amides is 1. The van der Waals surface area contributed by atoms with Gasteiger partial charge in [-0.1, -0.05) is 11.6 Å². The first kappa shape index (κ1) is 18.8. The Morgan fingerprint density at radius 3 is 2.59 bits per heavy atom. The van der Waals surface area contributed by atoms with Crippen molar-refractivity contribution >= 4 is 40.5 Å². The second kappa shape index (κ2) is 6.40. The van der Waals surface area contributed by atoms with E-state index in [9.17, 15) is 14.9 Å². The molecule has 2 atom stereocenters. The fourth-order valence-corrected chi connectivity index (χ4v) is 6.52. The van der Waals surface area contributed by atoms with Gasteiger partial charge in [0.15, 0.2) is 0 Å². The predicted octanol–water partition coefficient (Wildman–Crippen LogP) is 4.43. The van der Waals surface area contributed by atoms with E-state index < -0.39 is 10.3 Å². The molecule has 4 aliphatic carbocycles. The lowest BCUT2D eigenvalue weighted by atomic mass is 9.46. The molecule has 152 valence electrons. The van der Waals surface area contributed by atoms with Crippen LogP contribution in [0.15, 0.2) is 24.5 Å². The Morgan fingerprint density at radius 2 is 1.97 bits per heavy atom. The van der Waals surface area contributed by atoms with Crippen molar-refractivity contribution in [3.05, 3.63) is 44.9 Å². The van der Waals surface area contributed by atoms with E-state index in [1.54, 1.807) is 12.4 Å². The van der Waals surface area contributed by atoms with Gasteiger partial charge >= 0.3 is 0 Å². The van der Waals surface area contributed by atoms with Crippen LogP contribution in [-0.2, 0) is 10.3 Å². The summed E-state index contributed by atoms with van der Waals surface area (Å²) in [7, 11) is 0. The largest absolute Gasteiger partial charge is 0.325 e. The molecule has 29 heavy (non-hydrogen) atoms. The SMILES string of the molecule is O=C(Nc1ccc(Cl)c([N+](=O)[O-])c1)C12C[C@H]3C[C@H](C1)CC(n1cnc(Cl)n1)(C3)C2. The zero-order valence-corrected chi connectivity index (χ0v) is 17.0. The van der Waals surface area contributed by atoms with Crippen LogP contribution < -0.4 is 5.32 Å². The molecule has 4 fully saturated rings. The highest BCUT2D eigenvalue weighted by Crippen LogP contribution is 2.64. The molecule has 4 aliphatic rings. The van der Waals surface area contributed by atoms with Crippen LogP contribution in [0.2, 0.25) is 10.3 Å². The van der Waals surface area contributed by atoms with E-state index in [4.69, 9.17) is 23.2 Å². The lowest BCUT2D eigenvalue weighted by Crippen LogP contribution is -2.60. The smallest absolute Gasteiger partial charge is 0.289 e. The zero-order chi connectivity index (χ0) is 20.4. The molecule has 1 aromatic carbocycles. The molecule has 6 rings (SSSR count). The van der Waals surface area contributed by atoms with E-state index in [0.29, 0.717) is 23.9 Å². The average Bonchev–Trinajstić information content (AvgIpc) is 3.09. The van der Waals surface area contributed by atoms with Crippen LogP contribution in [-0.4, -0.2) is 25.6 Å². The summed E-state index contributed by atoms with van der Waals surface area (Å²) >= 11 is 11.9. The van der Waals surface area contributed by atoms with Gasteiger partial charge in [0.1, 0.15) is 11.3 Å². The van der Waals surface area contributed by atoms with Crippen molar-refractivity contribution in [2.75, 3.05) is 5.32 Å². The second-order valence-corrected chi connectivity index (χ2v) is 9.55. The molecule has 8 nitrogen and oxygen atoms in total. The van der Waals surface area contributed by atoms with E-state index in [1.165, 1.54) is 12.1 Å². The monoisotopic (exact) mass is 435 g/mol. The molecule has 1 N–H and O–H groups in total. The van der Waals surface area contributed by atoms with E-state index in [0.717, 1.165) is 32.1 Å². The van der Waals surface area contributed by atoms with Crippen LogP contribution in [0, 0.1) is 27.4 Å². The number of nitrogens with one attached hydrogen (secondary N) is 1. The molecule has 1 heterocycles. The van der Waals surface area contributed by atoms with Crippen LogP contribution in [0.1, 0.15) is 38.5 Å². The highest BCUT2D eigenvalue weighted by molar-refractivity contribution is 6.32. The molecule has 0 saturated heterocycles. The number of halogens is 2. The first-order valence-corrected chi connectivity index (χ1v) is 10.4. The van der Waals surface area contributed by atoms with Gasteiger partial charge in [0.05, 0.1) is 15.9 Å². The van der Waals surface area contributed by atoms with Crippen molar-refractivity contribution in [1.29, 1.82) is 0 Å². The van der Waals surface area contributed by atoms with Crippen LogP contribution in [0.3, 0.4) is 0 Å². The number of hydrogen-bond acceptors (Lipinski definition) is 5. The minimum atomic E-state index is -0.549. The van der Waals surface area contributed by atoms with Gasteiger partial charge in [-0.25, -0.2) is 9.67 Å². The Hall–Kier alpha value is -2.19. The maximum Gasteiger partial charge on any atom is 0.289 e. The molecule has 10 heteroatoms. The summed E-state index contributed by atoms with van der Waals surface area (Å²) in [6, 6.07) is 4.35. The fourth-order valence-electron chi connectivity index (χ4n) is 6.21. The van der Waals surface area contributed by atoms with Gasteiger partial charge in [0.25, 0.3) is 5.69 Å². The highest BCUT2D eigenvalue weighted by atomic mass is 35.5. The number of rotatable bonds is 4. The fraction of sp³-hybridized carbons (Fsp3) is 0.526. The van der Waals surface area contributed by atoms with Crippen molar-refractivity contribution in [2.45, 2.75) is 44.1 Å². The lowest BCUT2D eigenvalue weighted by molar-refractivity contribution is -0.384. The first-order chi connectivity index (χ1) is 13.8. The summed E-state index contributed by atoms with van der Waals surface area (Å²) in [4.78, 5) is 28.1. The number of aromatic nitrogens is 3. The van der Waals surface area contributed by atoms with Gasteiger partial charge in [0.2, 0.25) is 11.2 Å². The normalized spacial score (nSPS) is 32.3. The minimum Gasteiger partial charge on any atom is -0.325 e. The van der Waals surface area contributed by atoms with Crippen LogP contribution in [0.5, 0.6) is 0 Å². The summed E-state index contributed by atoms with van der Waals surface area (Å²) < 4.78 is 1.86. The van der Waals surface area contributed by atoms with Crippen molar-refractivity contribution in [1.82, 2.24) is 14.8 Å². The minimum absolute atomic E-state index is 0.0461. The van der Waals surface area contributed by atoms with Crippen LogP contribution in [0.4, 0.5) is 11.4 Å². The van der Waals surface area contributed by atoms with Crippen molar-refractivity contribution in [2.24, 2.45) is 17.3 Å². The van der Waals surface area contributed by atoms with E-state index in [-0.39, 0.29) is 27.4 Å². The number of carbonyl (C=O) groups is 1. The second-order valence-electron chi connectivity index (χ2n) is 8.80. The van der Waals surface area contributed by atoms with E-state index in [1.807, 2.05) is 4.68 Å². The van der Waals surface area contributed by atoms with E-state index in [2.05, 4.69) is 15.4 Å². The van der Waals surface area contributed by atoms with Crippen molar-refractivity contribution in [3.63, 3.8) is 0 Å². The Morgan fingerprint density at radius 1 is 1.24 bits per heavy atom. The summed E-state index contributed by atoms with van der Waals surface area (Å²) in [5, 5.41) is 18.7. The molecule has 0 radical (unpaired) electrons. The number of nitrogens with zero attached hydrogens (tertiary/aromatic N) is 4. The molecular weight excluding hydrogens is 417 g/mol. The van der Waals surface area contributed by atoms with Gasteiger partial charge in [-0.05, 0) is 74.1 Å². The zero-order valence-electron chi connectivity index (χ0n) is 15.5. The van der Waals surface area contributed by atoms with Gasteiger partial charge in [0, 0.05) is 11.8 Å². The molecule has 0 aliphatic heterocycles. The molecule has 0 unspecified atom stereocenters. The molecule has 1 aromatic heterocycles. The van der Waals surface area contributed by atoms with Crippen molar-refractivity contribution in [3.8, 4) is 0 Å². The number of nitro groups is 1. The summed E-state index contributed by atoms with van der Waals surface area (Å²) in [6.07, 6.45) is 7.09. The molecule has 0 spiro atoms. The maximum absolute atomic E-state index is 13.4. The molecule has 4 bridgehead atoms. The maximum atomic E-state index is 13.4. The van der Waals surface area contributed by atoms with Gasteiger partial charge in [-0.2, -0.15) is 0 Å². The van der Waals surface area contributed by atoms with Crippen LogP contribution in [0.25, 0.3) is 0 Å². The molecule has 1 amide bonds. The molecular formula is C19H19Cl2N5O3. The number of carbonyl (C=O) groups excluding carboxylic acids is 1. The highest BCUT2D eigenvalue weighted by Gasteiger charge is 2.61. The van der Waals surface area contributed by atoms with Gasteiger partial charge < -0.3 is 5.32 Å². The lowest BCUT2D eigenvalue weighted by Gasteiger charge is -2.60. The first-order valence-electron chi connectivity index (χ1n) is 9.62. The predicted molar refractivity (Wildman–Crippen MR) is 107 cm³/mol. The third kappa shape index (κ3) is 3.00. The summed E-state index contributed by atoms with van der Waals surface area (Å²) in [5.41, 5.74) is -0.590. The molecule has 4 saturated carbocycles. The number of nitro benzene ring substituents is 1. The third-order valence-electron chi connectivity index (χ3n) is 6.86. The van der Waals surface area contributed by atoms with E-state index >= 15 is 0 Å². The van der Waals surface area contributed by atoms with Crippen molar-refractivity contribution < 1.29 is 9.72 Å². The van der Waals surface area contributed by atoms with Crippen LogP contribution >= 0.6 is 23.2 Å². The Kier molecular flexibility index (Phi) is 4.15. The Bertz CT molecular complexity index is 1010. The van der Waals surface area contributed by atoms with Gasteiger partial charge in [-0.3, -0.25) is 14.9 Å². The quantitative estimate of drug-likeness (QED) is 0.564. The Balaban J connectivity index is 1.45. The number of anilines is 1. The summed E-state index contributed by atoms with van der Waals surface area (Å²) in [5.74, 6) is 0.813. The topological polar surface area (TPSA) is 103 Å². The third-order valence-corrected chi connectivity index (χ3v) is 7.36. The Labute approximate surface area is 176 Å². The molecule has 2 aromatic rings. The average molecular weight is 436 g/mol. The summed E-state index contributed by atoms with van der Waals surface area (Å²) in [6.45, 7) is 0. The number of hydrogen-bond donors (Lipinski definition) is 1. The standard InChI is InChI=1S/C19H19Cl2N5O3/c20-14-2-1-13(4-15(14)26(28)29)23-16(27)18-5-11-3-12(6-18)8-19(7-11,9-18)25-10-22-17(21)24-25/h1-2,4,10-12H,3,5-9H2,(H,23,27)/t11-,12-,18?,19?/m1/s1. The van der Waals surface area contributed by atoms with Gasteiger partial charge in [-0.15, -0.1) is 5.10 Å². The number of benzene rings is 1.